The van der Waals surface area contributed by atoms with Gasteiger partial charge >= 0.3 is 11.9 Å². The second-order valence-corrected chi connectivity index (χ2v) is 8.57. The summed E-state index contributed by atoms with van der Waals surface area (Å²) >= 11 is 0. The van der Waals surface area contributed by atoms with Crippen molar-refractivity contribution in [3.05, 3.63) is 24.3 Å². The van der Waals surface area contributed by atoms with Crippen LogP contribution in [0.15, 0.2) is 24.3 Å². The average Bonchev–Trinajstić information content (AvgIpc) is 3.04. The number of carbonyl (C=O) groups is 3. The Morgan fingerprint density at radius 3 is 2.64 bits per heavy atom. The quantitative estimate of drug-likeness (QED) is 0.179. The summed E-state index contributed by atoms with van der Waals surface area (Å²) < 4.78 is 9.79. The molecule has 0 bridgehead atoms. The lowest BCUT2D eigenvalue weighted by molar-refractivity contribution is -0.160. The lowest BCUT2D eigenvalue weighted by Gasteiger charge is -2.17. The summed E-state index contributed by atoms with van der Waals surface area (Å²) in [7, 11) is 0. The number of aliphatic hydroxyl groups excluding tert-OH is 3. The Bertz CT molecular complexity index is 657. The van der Waals surface area contributed by atoms with Gasteiger partial charge in [0, 0.05) is 31.6 Å². The highest BCUT2D eigenvalue weighted by atomic mass is 16.6. The number of hydrogen-bond acceptors (Lipinski definition) is 8. The van der Waals surface area contributed by atoms with Gasteiger partial charge in [-0.2, -0.15) is 0 Å². The highest BCUT2D eigenvalue weighted by molar-refractivity contribution is 5.86. The van der Waals surface area contributed by atoms with E-state index in [2.05, 4.69) is 6.92 Å². The summed E-state index contributed by atoms with van der Waals surface area (Å²) in [5.41, 5.74) is 0. The van der Waals surface area contributed by atoms with Crippen molar-refractivity contribution < 1.29 is 39.2 Å². The lowest BCUT2D eigenvalue weighted by atomic mass is 9.90. The molecule has 1 saturated carbocycles. The third kappa shape index (κ3) is 12.1. The van der Waals surface area contributed by atoms with Gasteiger partial charge in [0.1, 0.15) is 12.4 Å². The Hall–Kier alpha value is -2.03. The number of allylic oxidation sites excluding steroid dienone is 3. The summed E-state index contributed by atoms with van der Waals surface area (Å²) in [6.45, 7) is 2.74. The first-order valence-corrected chi connectivity index (χ1v) is 11.9. The zero-order chi connectivity index (χ0) is 24.6. The van der Waals surface area contributed by atoms with Crippen molar-refractivity contribution in [1.82, 2.24) is 0 Å². The fourth-order valence-corrected chi connectivity index (χ4v) is 3.79. The topological polar surface area (TPSA) is 130 Å². The van der Waals surface area contributed by atoms with Gasteiger partial charge in [-0.05, 0) is 25.7 Å². The molecule has 0 aromatic carbocycles. The first-order valence-electron chi connectivity index (χ1n) is 11.9. The maximum atomic E-state index is 12.3. The van der Waals surface area contributed by atoms with Crippen LogP contribution in [0.5, 0.6) is 0 Å². The fourth-order valence-electron chi connectivity index (χ4n) is 3.79. The second-order valence-electron chi connectivity index (χ2n) is 8.57. The summed E-state index contributed by atoms with van der Waals surface area (Å²) in [6, 6.07) is 0. The number of carbonyl (C=O) groups excluding carboxylic acids is 3. The molecule has 3 N–H and O–H groups in total. The van der Waals surface area contributed by atoms with E-state index in [9.17, 15) is 24.6 Å². The van der Waals surface area contributed by atoms with Crippen LogP contribution in [0.1, 0.15) is 71.6 Å². The zero-order valence-corrected chi connectivity index (χ0v) is 19.9. The number of aliphatic hydroxyl groups is 3. The SMILES string of the molecule is CCCCC[C@H](O)/C=C/[C@H]1C(=O)C[C@H](O)[C@@H]1C/C=C\CCCC(=O)O[C@@H](CO)COC(C)=O. The van der Waals surface area contributed by atoms with Gasteiger partial charge < -0.3 is 24.8 Å². The molecule has 8 heteroatoms. The molecule has 0 spiro atoms. The minimum absolute atomic E-state index is 0.00663. The lowest BCUT2D eigenvalue weighted by Crippen LogP contribution is -2.28. The molecule has 188 valence electrons. The van der Waals surface area contributed by atoms with Crippen LogP contribution in [0.25, 0.3) is 0 Å². The average molecular weight is 469 g/mol. The van der Waals surface area contributed by atoms with E-state index >= 15 is 0 Å². The molecule has 0 heterocycles. The largest absolute Gasteiger partial charge is 0.462 e. The number of hydrogen-bond donors (Lipinski definition) is 3. The maximum absolute atomic E-state index is 12.3. The maximum Gasteiger partial charge on any atom is 0.306 e. The molecule has 0 amide bonds. The Morgan fingerprint density at radius 1 is 1.21 bits per heavy atom. The molecule has 5 atom stereocenters. The third-order valence-electron chi connectivity index (χ3n) is 5.68. The predicted molar refractivity (Wildman–Crippen MR) is 123 cm³/mol. The number of ketones is 1. The van der Waals surface area contributed by atoms with Crippen LogP contribution >= 0.6 is 0 Å². The minimum Gasteiger partial charge on any atom is -0.462 e. The summed E-state index contributed by atoms with van der Waals surface area (Å²) in [5, 5.41) is 29.5. The van der Waals surface area contributed by atoms with Crippen molar-refractivity contribution in [1.29, 1.82) is 0 Å². The Balaban J connectivity index is 2.38. The predicted octanol–water partition coefficient (Wildman–Crippen LogP) is 2.63. The fraction of sp³-hybridized carbons (Fsp3) is 0.720. The zero-order valence-electron chi connectivity index (χ0n) is 19.9. The summed E-state index contributed by atoms with van der Waals surface area (Å²) in [6.07, 6.45) is 10.9. The van der Waals surface area contributed by atoms with E-state index in [1.165, 1.54) is 6.92 Å². The van der Waals surface area contributed by atoms with Gasteiger partial charge in [0.2, 0.25) is 0 Å². The molecule has 1 rings (SSSR count). The molecule has 0 aromatic heterocycles. The van der Waals surface area contributed by atoms with Crippen molar-refractivity contribution >= 4 is 17.7 Å². The number of unbranched alkanes of at least 4 members (excludes halogenated alkanes) is 3. The number of ether oxygens (including phenoxy) is 2. The number of Topliss-reactive ketones (excluding diaryl/α,β-unsaturated/α-hetero) is 1. The number of esters is 2. The van der Waals surface area contributed by atoms with Gasteiger partial charge in [-0.3, -0.25) is 14.4 Å². The first-order chi connectivity index (χ1) is 15.8. The molecule has 0 aromatic rings. The Labute approximate surface area is 196 Å². The van der Waals surface area contributed by atoms with Crippen molar-refractivity contribution in [3.8, 4) is 0 Å². The normalized spacial score (nSPS) is 22.7. The van der Waals surface area contributed by atoms with Crippen molar-refractivity contribution in [3.63, 3.8) is 0 Å². The first kappa shape index (κ1) is 29.0. The van der Waals surface area contributed by atoms with Crippen LogP contribution in [0.2, 0.25) is 0 Å². The van der Waals surface area contributed by atoms with Crippen LogP contribution in [0.3, 0.4) is 0 Å². The molecule has 0 radical (unpaired) electrons. The van der Waals surface area contributed by atoms with E-state index in [0.717, 1.165) is 19.3 Å². The molecule has 1 aliphatic carbocycles. The molecule has 1 fully saturated rings. The highest BCUT2D eigenvalue weighted by Gasteiger charge is 2.39. The van der Waals surface area contributed by atoms with E-state index in [4.69, 9.17) is 14.6 Å². The van der Waals surface area contributed by atoms with Crippen LogP contribution in [-0.4, -0.2) is 64.6 Å². The minimum atomic E-state index is -0.867. The van der Waals surface area contributed by atoms with E-state index in [1.54, 1.807) is 12.2 Å². The molecule has 0 aliphatic heterocycles. The van der Waals surface area contributed by atoms with Crippen LogP contribution < -0.4 is 0 Å². The van der Waals surface area contributed by atoms with Crippen LogP contribution in [0, 0.1) is 11.8 Å². The molecular weight excluding hydrogens is 428 g/mol. The van der Waals surface area contributed by atoms with E-state index in [1.807, 2.05) is 12.2 Å². The van der Waals surface area contributed by atoms with Crippen molar-refractivity contribution in [2.24, 2.45) is 11.8 Å². The molecule has 33 heavy (non-hydrogen) atoms. The van der Waals surface area contributed by atoms with Crippen molar-refractivity contribution in [2.75, 3.05) is 13.2 Å². The van der Waals surface area contributed by atoms with Crippen molar-refractivity contribution in [2.45, 2.75) is 89.9 Å². The Morgan fingerprint density at radius 2 is 1.97 bits per heavy atom. The van der Waals surface area contributed by atoms with Crippen LogP contribution in [0.4, 0.5) is 0 Å². The molecule has 0 unspecified atom stereocenters. The third-order valence-corrected chi connectivity index (χ3v) is 5.68. The summed E-state index contributed by atoms with van der Waals surface area (Å²) in [4.78, 5) is 34.9. The smallest absolute Gasteiger partial charge is 0.306 e. The van der Waals surface area contributed by atoms with Gasteiger partial charge in [0.15, 0.2) is 6.10 Å². The van der Waals surface area contributed by atoms with E-state index in [0.29, 0.717) is 25.7 Å². The van der Waals surface area contributed by atoms with Gasteiger partial charge in [-0.1, -0.05) is 50.5 Å². The molecular formula is C25H40O8. The van der Waals surface area contributed by atoms with Crippen LogP contribution in [-0.2, 0) is 23.9 Å². The molecule has 0 saturated heterocycles. The standard InChI is InChI=1S/C25H40O8/c1-3-4-7-10-19(28)13-14-22-21(23(29)15-24(22)30)11-8-5-6-9-12-25(31)33-20(16-26)17-32-18(2)27/h5,8,13-14,19-23,26,28-29H,3-4,6-7,9-12,15-17H2,1-2H3/b8-5-,14-13+/t19-,20-,21+,22+,23-/m0/s1. The van der Waals surface area contributed by atoms with E-state index < -0.39 is 42.8 Å². The summed E-state index contributed by atoms with van der Waals surface area (Å²) in [5.74, 6) is -1.61. The van der Waals surface area contributed by atoms with Gasteiger partial charge in [-0.25, -0.2) is 0 Å². The molecule has 8 nitrogen and oxygen atoms in total. The highest BCUT2D eigenvalue weighted by Crippen LogP contribution is 2.33. The van der Waals surface area contributed by atoms with Gasteiger partial charge in [0.25, 0.3) is 0 Å². The van der Waals surface area contributed by atoms with E-state index in [-0.39, 0.29) is 31.1 Å². The Kier molecular flexibility index (Phi) is 14.6. The number of rotatable bonds is 16. The molecule has 1 aliphatic rings. The monoisotopic (exact) mass is 468 g/mol. The second kappa shape index (κ2) is 16.6. The van der Waals surface area contributed by atoms with Gasteiger partial charge in [-0.15, -0.1) is 0 Å². The van der Waals surface area contributed by atoms with Gasteiger partial charge in [0.05, 0.1) is 18.8 Å².